The van der Waals surface area contributed by atoms with Crippen LogP contribution in [0.3, 0.4) is 0 Å². The first-order valence-electron chi connectivity index (χ1n) is 4.51. The zero-order valence-corrected chi connectivity index (χ0v) is 9.50. The van der Waals surface area contributed by atoms with Crippen LogP contribution < -0.4 is 10.1 Å². The van der Waals surface area contributed by atoms with Gasteiger partial charge in [0.15, 0.2) is 11.5 Å². The SMILES string of the molecule is CC1(C)Nc2c(ccc(S(=O)(=O)O)c2O)O1. The molecule has 0 aliphatic carbocycles. The van der Waals surface area contributed by atoms with Crippen LogP contribution in [0.4, 0.5) is 5.69 Å². The van der Waals surface area contributed by atoms with Crippen molar-refractivity contribution in [3.63, 3.8) is 0 Å². The van der Waals surface area contributed by atoms with Crippen molar-refractivity contribution in [2.45, 2.75) is 24.5 Å². The van der Waals surface area contributed by atoms with Crippen molar-refractivity contribution in [1.29, 1.82) is 0 Å². The van der Waals surface area contributed by atoms with Crippen molar-refractivity contribution in [3.05, 3.63) is 12.1 Å². The van der Waals surface area contributed by atoms with Gasteiger partial charge in [-0.25, -0.2) is 0 Å². The van der Waals surface area contributed by atoms with Crippen molar-refractivity contribution in [2.24, 2.45) is 0 Å². The Bertz CT molecular complexity index is 549. The summed E-state index contributed by atoms with van der Waals surface area (Å²) in [5.41, 5.74) is -0.558. The van der Waals surface area contributed by atoms with Crippen LogP contribution in [0, 0.1) is 0 Å². The molecule has 0 atom stereocenters. The Morgan fingerprint density at radius 1 is 1.38 bits per heavy atom. The lowest BCUT2D eigenvalue weighted by atomic mass is 10.2. The van der Waals surface area contributed by atoms with E-state index in [2.05, 4.69) is 5.32 Å². The minimum absolute atomic E-state index is 0.167. The fraction of sp³-hybridized carbons (Fsp3) is 0.333. The van der Waals surface area contributed by atoms with E-state index in [1.807, 2.05) is 0 Å². The predicted octanol–water partition coefficient (Wildman–Crippen LogP) is 1.18. The average molecular weight is 245 g/mol. The van der Waals surface area contributed by atoms with Crippen LogP contribution in [0.2, 0.25) is 0 Å². The lowest BCUT2D eigenvalue weighted by Gasteiger charge is -2.17. The molecule has 1 aromatic carbocycles. The molecule has 16 heavy (non-hydrogen) atoms. The highest BCUT2D eigenvalue weighted by molar-refractivity contribution is 7.86. The standard InChI is InChI=1S/C9H11NO5S/c1-9(2)10-7-5(15-9)3-4-6(8(7)11)16(12,13)14/h3-4,10-11H,1-2H3,(H,12,13,14). The molecule has 3 N–H and O–H groups in total. The molecule has 1 aliphatic heterocycles. The second-order valence-electron chi connectivity index (χ2n) is 4.00. The van der Waals surface area contributed by atoms with Gasteiger partial charge < -0.3 is 15.2 Å². The fourth-order valence-electron chi connectivity index (χ4n) is 1.57. The summed E-state index contributed by atoms with van der Waals surface area (Å²) in [5, 5.41) is 12.5. The molecular formula is C9H11NO5S. The van der Waals surface area contributed by atoms with E-state index in [1.54, 1.807) is 13.8 Å². The largest absolute Gasteiger partial charge is 0.504 e. The molecule has 0 saturated heterocycles. The molecule has 0 amide bonds. The van der Waals surface area contributed by atoms with Crippen molar-refractivity contribution in [3.8, 4) is 11.5 Å². The highest BCUT2D eigenvalue weighted by atomic mass is 32.2. The van der Waals surface area contributed by atoms with Gasteiger partial charge in [-0.1, -0.05) is 0 Å². The summed E-state index contributed by atoms with van der Waals surface area (Å²) in [6.45, 7) is 3.44. The second kappa shape index (κ2) is 3.02. The van der Waals surface area contributed by atoms with E-state index in [-0.39, 0.29) is 5.69 Å². The number of fused-ring (bicyclic) bond motifs is 1. The highest BCUT2D eigenvalue weighted by Gasteiger charge is 2.33. The Hall–Kier alpha value is -1.47. The lowest BCUT2D eigenvalue weighted by molar-refractivity contribution is 0.162. The number of phenolic OH excluding ortho intramolecular Hbond substituents is 1. The highest BCUT2D eigenvalue weighted by Crippen LogP contribution is 2.45. The zero-order valence-electron chi connectivity index (χ0n) is 8.68. The first kappa shape index (κ1) is 11.0. The molecule has 0 radical (unpaired) electrons. The fourth-order valence-corrected chi connectivity index (χ4v) is 2.16. The van der Waals surface area contributed by atoms with Crippen LogP contribution in [0.15, 0.2) is 17.0 Å². The molecule has 0 aromatic heterocycles. The van der Waals surface area contributed by atoms with Crippen molar-refractivity contribution in [1.82, 2.24) is 0 Å². The Morgan fingerprint density at radius 2 is 2.00 bits per heavy atom. The Morgan fingerprint density at radius 3 is 2.56 bits per heavy atom. The van der Waals surface area contributed by atoms with Gasteiger partial charge >= 0.3 is 0 Å². The van der Waals surface area contributed by atoms with Crippen LogP contribution >= 0.6 is 0 Å². The van der Waals surface area contributed by atoms with Crippen LogP contribution in [0.1, 0.15) is 13.8 Å². The van der Waals surface area contributed by atoms with Crippen LogP contribution in [0.5, 0.6) is 11.5 Å². The average Bonchev–Trinajstić information content (AvgIpc) is 2.38. The van der Waals surface area contributed by atoms with Gasteiger partial charge in [0, 0.05) is 0 Å². The topological polar surface area (TPSA) is 95.9 Å². The van der Waals surface area contributed by atoms with Gasteiger partial charge in [0.25, 0.3) is 10.1 Å². The van der Waals surface area contributed by atoms with Crippen LogP contribution in [0.25, 0.3) is 0 Å². The maximum absolute atomic E-state index is 10.9. The summed E-state index contributed by atoms with van der Waals surface area (Å²) < 4.78 is 36.2. The number of ether oxygens (including phenoxy) is 1. The molecule has 0 unspecified atom stereocenters. The number of nitrogens with one attached hydrogen (secondary N) is 1. The minimum atomic E-state index is -4.44. The van der Waals surface area contributed by atoms with E-state index in [0.717, 1.165) is 6.07 Å². The molecule has 0 fully saturated rings. The monoisotopic (exact) mass is 245 g/mol. The Labute approximate surface area is 92.6 Å². The minimum Gasteiger partial charge on any atom is -0.504 e. The van der Waals surface area contributed by atoms with E-state index >= 15 is 0 Å². The molecule has 1 aliphatic rings. The summed E-state index contributed by atoms with van der Waals surface area (Å²) in [6.07, 6.45) is 0. The van der Waals surface area contributed by atoms with Crippen LogP contribution in [-0.4, -0.2) is 23.8 Å². The van der Waals surface area contributed by atoms with E-state index in [0.29, 0.717) is 5.75 Å². The van der Waals surface area contributed by atoms with Crippen LogP contribution in [-0.2, 0) is 10.1 Å². The molecule has 0 bridgehead atoms. The Balaban J connectivity index is 2.61. The second-order valence-corrected chi connectivity index (χ2v) is 5.39. The zero-order chi connectivity index (χ0) is 12.1. The van der Waals surface area contributed by atoms with Gasteiger partial charge in [0.05, 0.1) is 0 Å². The molecule has 1 aromatic rings. The van der Waals surface area contributed by atoms with Gasteiger partial charge in [0.1, 0.15) is 16.3 Å². The number of aromatic hydroxyl groups is 1. The third kappa shape index (κ3) is 1.68. The third-order valence-electron chi connectivity index (χ3n) is 2.17. The first-order valence-corrected chi connectivity index (χ1v) is 5.95. The van der Waals surface area contributed by atoms with Gasteiger partial charge in [-0.05, 0) is 26.0 Å². The quantitative estimate of drug-likeness (QED) is 0.508. The first-order chi connectivity index (χ1) is 7.21. The maximum atomic E-state index is 10.9. The number of benzene rings is 1. The number of anilines is 1. The molecule has 1 heterocycles. The van der Waals surface area contributed by atoms with Gasteiger partial charge in [0.2, 0.25) is 0 Å². The summed E-state index contributed by atoms with van der Waals surface area (Å²) in [7, 11) is -4.44. The molecule has 0 saturated carbocycles. The molecule has 6 nitrogen and oxygen atoms in total. The number of hydrogen-bond donors (Lipinski definition) is 3. The smallest absolute Gasteiger partial charge is 0.298 e. The third-order valence-corrected chi connectivity index (χ3v) is 3.06. The molecular weight excluding hydrogens is 234 g/mol. The van der Waals surface area contributed by atoms with E-state index in [4.69, 9.17) is 9.29 Å². The predicted molar refractivity (Wildman–Crippen MR) is 56.3 cm³/mol. The van der Waals surface area contributed by atoms with Gasteiger partial charge in [-0.15, -0.1) is 0 Å². The van der Waals surface area contributed by atoms with Gasteiger partial charge in [-0.2, -0.15) is 8.42 Å². The summed E-state index contributed by atoms with van der Waals surface area (Å²) >= 11 is 0. The normalized spacial score (nSPS) is 17.4. The summed E-state index contributed by atoms with van der Waals surface area (Å²) in [6, 6.07) is 2.46. The summed E-state index contributed by atoms with van der Waals surface area (Å²) in [5.74, 6) is -0.194. The van der Waals surface area contributed by atoms with E-state index in [9.17, 15) is 13.5 Å². The lowest BCUT2D eigenvalue weighted by Crippen LogP contribution is -2.31. The molecule has 7 heteroatoms. The Kier molecular flexibility index (Phi) is 2.08. The van der Waals surface area contributed by atoms with E-state index < -0.39 is 26.5 Å². The van der Waals surface area contributed by atoms with Gasteiger partial charge in [-0.3, -0.25) is 4.55 Å². The maximum Gasteiger partial charge on any atom is 0.298 e. The molecule has 0 spiro atoms. The van der Waals surface area contributed by atoms with Crippen molar-refractivity contribution < 1.29 is 22.8 Å². The molecule has 2 rings (SSSR count). The number of rotatable bonds is 1. The van der Waals surface area contributed by atoms with E-state index in [1.165, 1.54) is 6.07 Å². The van der Waals surface area contributed by atoms with Crippen molar-refractivity contribution >= 4 is 15.8 Å². The molecule has 88 valence electrons. The van der Waals surface area contributed by atoms with Crippen molar-refractivity contribution in [2.75, 3.05) is 5.32 Å². The number of hydrogen-bond acceptors (Lipinski definition) is 5. The summed E-state index contributed by atoms with van der Waals surface area (Å²) in [4.78, 5) is -0.542. The number of phenols is 1.